The molecule has 0 aliphatic heterocycles. The Labute approximate surface area is 85.7 Å². The van der Waals surface area contributed by atoms with Crippen LogP contribution in [-0.4, -0.2) is 9.55 Å². The molecule has 0 radical (unpaired) electrons. The molecule has 2 heterocycles. The van der Waals surface area contributed by atoms with Crippen molar-refractivity contribution in [3.05, 3.63) is 28.0 Å². The Morgan fingerprint density at radius 1 is 1.38 bits per heavy atom. The van der Waals surface area contributed by atoms with Crippen molar-refractivity contribution >= 4 is 27.0 Å². The van der Waals surface area contributed by atoms with Crippen molar-refractivity contribution < 1.29 is 0 Å². The van der Waals surface area contributed by atoms with Gasteiger partial charge in [0.15, 0.2) is 0 Å². The molecule has 0 aliphatic carbocycles. The van der Waals surface area contributed by atoms with Crippen molar-refractivity contribution in [2.75, 3.05) is 0 Å². The summed E-state index contributed by atoms with van der Waals surface area (Å²) >= 11 is 3.43. The molecule has 3 heteroatoms. The van der Waals surface area contributed by atoms with Gasteiger partial charge in [-0.15, -0.1) is 0 Å². The Bertz CT molecular complexity index is 471. The lowest BCUT2D eigenvalue weighted by Gasteiger charge is -1.96. The van der Waals surface area contributed by atoms with E-state index in [9.17, 15) is 0 Å². The summed E-state index contributed by atoms with van der Waals surface area (Å²) in [5.74, 6) is 0. The Kier molecular flexibility index (Phi) is 1.91. The van der Waals surface area contributed by atoms with E-state index < -0.39 is 0 Å². The van der Waals surface area contributed by atoms with Crippen LogP contribution in [0.3, 0.4) is 0 Å². The maximum absolute atomic E-state index is 4.38. The first-order chi connectivity index (χ1) is 6.11. The lowest BCUT2D eigenvalue weighted by molar-refractivity contribution is 0.895. The lowest BCUT2D eigenvalue weighted by Crippen LogP contribution is -1.91. The number of nitrogens with zero attached hydrogens (tertiary/aromatic N) is 2. The van der Waals surface area contributed by atoms with Crippen molar-refractivity contribution in [2.45, 2.75) is 13.8 Å². The van der Waals surface area contributed by atoms with Gasteiger partial charge in [-0.2, -0.15) is 0 Å². The lowest BCUT2D eigenvalue weighted by atomic mass is 10.2. The number of aryl methyl sites for hydroxylation is 2. The molecule has 0 amide bonds. The van der Waals surface area contributed by atoms with Crippen molar-refractivity contribution in [1.29, 1.82) is 0 Å². The Hall–Kier alpha value is -0.830. The minimum Gasteiger partial charge on any atom is -0.333 e. The highest BCUT2D eigenvalue weighted by atomic mass is 79.9. The van der Waals surface area contributed by atoms with E-state index in [1.807, 2.05) is 13.2 Å². The fourth-order valence-corrected chi connectivity index (χ4v) is 1.91. The van der Waals surface area contributed by atoms with Crippen LogP contribution in [-0.2, 0) is 7.05 Å². The Morgan fingerprint density at radius 2 is 2.08 bits per heavy atom. The van der Waals surface area contributed by atoms with Crippen molar-refractivity contribution in [3.8, 4) is 0 Å². The van der Waals surface area contributed by atoms with Gasteiger partial charge in [0.25, 0.3) is 0 Å². The van der Waals surface area contributed by atoms with Crippen LogP contribution in [0.2, 0.25) is 0 Å². The Morgan fingerprint density at radius 3 is 2.77 bits per heavy atom. The fraction of sp³-hybridized carbons (Fsp3) is 0.300. The highest BCUT2D eigenvalue weighted by molar-refractivity contribution is 9.10. The average molecular weight is 239 g/mol. The van der Waals surface area contributed by atoms with Gasteiger partial charge >= 0.3 is 0 Å². The molecule has 0 aromatic carbocycles. The molecule has 0 saturated carbocycles. The highest BCUT2D eigenvalue weighted by Crippen LogP contribution is 2.24. The fourth-order valence-electron chi connectivity index (χ4n) is 1.58. The first-order valence-electron chi connectivity index (χ1n) is 4.18. The zero-order valence-electron chi connectivity index (χ0n) is 7.93. The summed E-state index contributed by atoms with van der Waals surface area (Å²) in [6.07, 6.45) is 1.83. The second-order valence-corrected chi connectivity index (χ2v) is 4.21. The molecule has 0 unspecified atom stereocenters. The third kappa shape index (κ3) is 1.18. The van der Waals surface area contributed by atoms with Crippen LogP contribution in [0, 0.1) is 13.8 Å². The topological polar surface area (TPSA) is 17.8 Å². The predicted octanol–water partition coefficient (Wildman–Crippen LogP) is 2.95. The van der Waals surface area contributed by atoms with E-state index in [0.717, 1.165) is 10.1 Å². The molecule has 13 heavy (non-hydrogen) atoms. The number of halogens is 1. The number of aromatic nitrogens is 2. The monoisotopic (exact) mass is 238 g/mol. The standard InChI is InChI=1S/C10H11BrN2/c1-6-7(2)13(3)10-9(6)4-8(11)5-12-10/h4-5H,1-3H3. The van der Waals surface area contributed by atoms with Crippen LogP contribution in [0.4, 0.5) is 0 Å². The quantitative estimate of drug-likeness (QED) is 0.691. The minimum absolute atomic E-state index is 1.04. The Balaban J connectivity index is 2.95. The molecule has 0 N–H and O–H groups in total. The number of pyridine rings is 1. The molecule has 0 bridgehead atoms. The summed E-state index contributed by atoms with van der Waals surface area (Å²) < 4.78 is 3.16. The van der Waals surface area contributed by atoms with E-state index in [1.54, 1.807) is 0 Å². The molecule has 0 fully saturated rings. The molecular formula is C10H11BrN2. The summed E-state index contributed by atoms with van der Waals surface area (Å²) in [6.45, 7) is 4.25. The summed E-state index contributed by atoms with van der Waals surface area (Å²) in [5, 5.41) is 1.23. The number of hydrogen-bond donors (Lipinski definition) is 0. The third-order valence-electron chi connectivity index (χ3n) is 2.60. The largest absolute Gasteiger partial charge is 0.333 e. The van der Waals surface area contributed by atoms with E-state index in [2.05, 4.69) is 45.4 Å². The van der Waals surface area contributed by atoms with Crippen LogP contribution in [0.15, 0.2) is 16.7 Å². The molecule has 2 nitrogen and oxygen atoms in total. The SMILES string of the molecule is Cc1c(C)n(C)c2ncc(Br)cc12. The number of fused-ring (bicyclic) bond motifs is 1. The van der Waals surface area contributed by atoms with E-state index in [1.165, 1.54) is 16.6 Å². The van der Waals surface area contributed by atoms with Gasteiger partial charge in [-0.1, -0.05) is 0 Å². The number of rotatable bonds is 0. The van der Waals surface area contributed by atoms with E-state index in [-0.39, 0.29) is 0 Å². The van der Waals surface area contributed by atoms with Crippen LogP contribution >= 0.6 is 15.9 Å². The molecule has 0 aliphatic rings. The van der Waals surface area contributed by atoms with Gasteiger partial charge < -0.3 is 4.57 Å². The molecule has 68 valence electrons. The van der Waals surface area contributed by atoms with E-state index in [0.29, 0.717) is 0 Å². The highest BCUT2D eigenvalue weighted by Gasteiger charge is 2.08. The average Bonchev–Trinajstić information content (AvgIpc) is 2.32. The van der Waals surface area contributed by atoms with Crippen LogP contribution in [0.1, 0.15) is 11.3 Å². The molecule has 2 aromatic rings. The third-order valence-corrected chi connectivity index (χ3v) is 3.03. The summed E-state index contributed by atoms with van der Waals surface area (Å²) in [6, 6.07) is 2.12. The van der Waals surface area contributed by atoms with Gasteiger partial charge in [-0.05, 0) is 41.4 Å². The van der Waals surface area contributed by atoms with Crippen molar-refractivity contribution in [1.82, 2.24) is 9.55 Å². The summed E-state index contributed by atoms with van der Waals surface area (Å²) in [5.41, 5.74) is 3.64. The molecule has 2 aromatic heterocycles. The first-order valence-corrected chi connectivity index (χ1v) is 4.97. The predicted molar refractivity (Wildman–Crippen MR) is 57.9 cm³/mol. The maximum Gasteiger partial charge on any atom is 0.140 e. The second-order valence-electron chi connectivity index (χ2n) is 3.29. The molecule has 2 rings (SSSR count). The van der Waals surface area contributed by atoms with E-state index >= 15 is 0 Å². The van der Waals surface area contributed by atoms with Gasteiger partial charge in [0.2, 0.25) is 0 Å². The van der Waals surface area contributed by atoms with E-state index in [4.69, 9.17) is 0 Å². The van der Waals surface area contributed by atoms with Crippen LogP contribution in [0.25, 0.3) is 11.0 Å². The number of hydrogen-bond acceptors (Lipinski definition) is 1. The smallest absolute Gasteiger partial charge is 0.140 e. The van der Waals surface area contributed by atoms with Crippen molar-refractivity contribution in [3.63, 3.8) is 0 Å². The normalized spacial score (nSPS) is 11.1. The molecule has 0 atom stereocenters. The maximum atomic E-state index is 4.38. The molecule has 0 saturated heterocycles. The van der Waals surface area contributed by atoms with Gasteiger partial charge in [0, 0.05) is 28.8 Å². The molecular weight excluding hydrogens is 228 g/mol. The summed E-state index contributed by atoms with van der Waals surface area (Å²) in [4.78, 5) is 4.38. The van der Waals surface area contributed by atoms with Gasteiger partial charge in [-0.3, -0.25) is 0 Å². The zero-order chi connectivity index (χ0) is 9.59. The summed E-state index contributed by atoms with van der Waals surface area (Å²) in [7, 11) is 2.05. The van der Waals surface area contributed by atoms with Crippen LogP contribution < -0.4 is 0 Å². The molecule has 0 spiro atoms. The van der Waals surface area contributed by atoms with Crippen LogP contribution in [0.5, 0.6) is 0 Å². The minimum atomic E-state index is 1.04. The van der Waals surface area contributed by atoms with Gasteiger partial charge in [0.05, 0.1) is 0 Å². The first kappa shape index (κ1) is 8.75. The second kappa shape index (κ2) is 2.84. The van der Waals surface area contributed by atoms with Gasteiger partial charge in [-0.25, -0.2) is 4.98 Å². The van der Waals surface area contributed by atoms with Crippen molar-refractivity contribution in [2.24, 2.45) is 7.05 Å². The van der Waals surface area contributed by atoms with Gasteiger partial charge in [0.1, 0.15) is 5.65 Å². The zero-order valence-corrected chi connectivity index (χ0v) is 9.51.